The first-order valence-corrected chi connectivity index (χ1v) is 7.45. The van der Waals surface area contributed by atoms with Gasteiger partial charge in [0.1, 0.15) is 0 Å². The monoisotopic (exact) mass is 306 g/mol. The topological polar surface area (TPSA) is 78.4 Å². The first-order chi connectivity index (χ1) is 10.1. The summed E-state index contributed by atoms with van der Waals surface area (Å²) >= 11 is 0. The molecule has 0 aromatic heterocycles. The van der Waals surface area contributed by atoms with Crippen LogP contribution in [0.3, 0.4) is 0 Å². The summed E-state index contributed by atoms with van der Waals surface area (Å²) in [4.78, 5) is 23.6. The van der Waals surface area contributed by atoms with Crippen molar-refractivity contribution < 1.29 is 14.7 Å². The van der Waals surface area contributed by atoms with E-state index in [1.165, 1.54) is 6.92 Å². The second-order valence-electron chi connectivity index (χ2n) is 6.62. The van der Waals surface area contributed by atoms with Gasteiger partial charge in [0.25, 0.3) is 5.91 Å². The van der Waals surface area contributed by atoms with E-state index >= 15 is 0 Å². The van der Waals surface area contributed by atoms with Gasteiger partial charge >= 0.3 is 0 Å². The molecule has 3 N–H and O–H groups in total. The second-order valence-corrected chi connectivity index (χ2v) is 6.62. The fraction of sp³-hybridized carbons (Fsp3) is 0.529. The lowest BCUT2D eigenvalue weighted by molar-refractivity contribution is -0.114. The summed E-state index contributed by atoms with van der Waals surface area (Å²) in [6.07, 6.45) is 0.500. The molecule has 0 aliphatic rings. The van der Waals surface area contributed by atoms with Gasteiger partial charge in [0.05, 0.1) is 0 Å². The van der Waals surface area contributed by atoms with E-state index in [9.17, 15) is 9.59 Å². The van der Waals surface area contributed by atoms with Crippen molar-refractivity contribution in [3.63, 3.8) is 0 Å². The van der Waals surface area contributed by atoms with Crippen LogP contribution in [0.25, 0.3) is 0 Å². The molecule has 1 unspecified atom stereocenters. The van der Waals surface area contributed by atoms with Crippen molar-refractivity contribution in [2.24, 2.45) is 5.41 Å². The summed E-state index contributed by atoms with van der Waals surface area (Å²) < 4.78 is 0. The van der Waals surface area contributed by atoms with E-state index in [0.29, 0.717) is 17.7 Å². The van der Waals surface area contributed by atoms with Crippen molar-refractivity contribution in [2.45, 2.75) is 47.1 Å². The van der Waals surface area contributed by atoms with Gasteiger partial charge in [-0.3, -0.25) is 9.59 Å². The molecule has 1 atom stereocenters. The molecule has 0 aliphatic heterocycles. The number of aliphatic hydroxyl groups is 1. The van der Waals surface area contributed by atoms with Crippen LogP contribution in [0.2, 0.25) is 0 Å². The lowest BCUT2D eigenvalue weighted by Gasteiger charge is -2.31. The smallest absolute Gasteiger partial charge is 0.251 e. The molecule has 0 saturated heterocycles. The van der Waals surface area contributed by atoms with Crippen LogP contribution >= 0.6 is 0 Å². The molecule has 0 fully saturated rings. The number of aryl methyl sites for hydroxylation is 1. The Hall–Kier alpha value is -1.88. The fourth-order valence-electron chi connectivity index (χ4n) is 2.18. The maximum absolute atomic E-state index is 12.4. The Bertz CT molecular complexity index is 547. The number of hydrogen-bond donors (Lipinski definition) is 3. The standard InChI is InChI=1S/C17H26N2O3/c1-11-6-7-13(10-14(11)18-12(2)21)16(22)19-15(8-9-20)17(3,4)5/h6-7,10,15,20H,8-9H2,1-5H3,(H,18,21)(H,19,22). The highest BCUT2D eigenvalue weighted by Crippen LogP contribution is 2.23. The lowest BCUT2D eigenvalue weighted by atomic mass is 9.84. The fourth-order valence-corrected chi connectivity index (χ4v) is 2.18. The molecule has 0 spiro atoms. The van der Waals surface area contributed by atoms with Crippen LogP contribution in [0.5, 0.6) is 0 Å². The van der Waals surface area contributed by atoms with E-state index < -0.39 is 0 Å². The lowest BCUT2D eigenvalue weighted by Crippen LogP contribution is -2.44. The summed E-state index contributed by atoms with van der Waals surface area (Å²) in [5, 5.41) is 14.8. The average Bonchev–Trinajstić information content (AvgIpc) is 2.39. The molecule has 22 heavy (non-hydrogen) atoms. The summed E-state index contributed by atoms with van der Waals surface area (Å²) in [5.41, 5.74) is 1.87. The highest BCUT2D eigenvalue weighted by Gasteiger charge is 2.26. The van der Waals surface area contributed by atoms with Crippen LogP contribution in [0, 0.1) is 12.3 Å². The van der Waals surface area contributed by atoms with Crippen LogP contribution < -0.4 is 10.6 Å². The maximum atomic E-state index is 12.4. The van der Waals surface area contributed by atoms with Gasteiger partial charge in [-0.2, -0.15) is 0 Å². The molecule has 122 valence electrons. The number of aliphatic hydroxyl groups excluding tert-OH is 1. The number of anilines is 1. The molecule has 1 aromatic rings. The van der Waals surface area contributed by atoms with Crippen LogP contribution in [0.1, 0.15) is 50.0 Å². The Morgan fingerprint density at radius 2 is 1.91 bits per heavy atom. The second kappa shape index (κ2) is 7.40. The zero-order chi connectivity index (χ0) is 16.9. The molecule has 1 aromatic carbocycles. The number of hydrogen-bond acceptors (Lipinski definition) is 3. The number of nitrogens with one attached hydrogen (secondary N) is 2. The molecule has 1 rings (SSSR count). The Kier molecular flexibility index (Phi) is 6.11. The van der Waals surface area contributed by atoms with Crippen molar-refractivity contribution in [3.05, 3.63) is 29.3 Å². The van der Waals surface area contributed by atoms with Gasteiger partial charge in [0.2, 0.25) is 5.91 Å². The van der Waals surface area contributed by atoms with Gasteiger partial charge < -0.3 is 15.7 Å². The van der Waals surface area contributed by atoms with Crippen LogP contribution in [-0.4, -0.2) is 29.6 Å². The molecule has 0 aliphatic carbocycles. The molecule has 0 bridgehead atoms. The van der Waals surface area contributed by atoms with Gasteiger partial charge in [0.15, 0.2) is 0 Å². The summed E-state index contributed by atoms with van der Waals surface area (Å²) in [6.45, 7) is 9.38. The predicted octanol–water partition coefficient (Wildman–Crippen LogP) is 2.48. The van der Waals surface area contributed by atoms with E-state index in [2.05, 4.69) is 10.6 Å². The summed E-state index contributed by atoms with van der Waals surface area (Å²) in [7, 11) is 0. The minimum atomic E-state index is -0.208. The summed E-state index contributed by atoms with van der Waals surface area (Å²) in [6, 6.07) is 5.08. The van der Waals surface area contributed by atoms with E-state index in [-0.39, 0.29) is 29.9 Å². The minimum Gasteiger partial charge on any atom is -0.396 e. The zero-order valence-electron chi connectivity index (χ0n) is 14.0. The van der Waals surface area contributed by atoms with E-state index in [0.717, 1.165) is 5.56 Å². The first-order valence-electron chi connectivity index (χ1n) is 7.45. The third-order valence-corrected chi connectivity index (χ3v) is 3.58. The zero-order valence-corrected chi connectivity index (χ0v) is 14.0. The number of rotatable bonds is 5. The number of carbonyl (C=O) groups is 2. The van der Waals surface area contributed by atoms with Gasteiger partial charge in [-0.15, -0.1) is 0 Å². The normalized spacial score (nSPS) is 12.6. The molecule has 0 radical (unpaired) electrons. The predicted molar refractivity (Wildman–Crippen MR) is 87.9 cm³/mol. The number of amides is 2. The SMILES string of the molecule is CC(=O)Nc1cc(C(=O)NC(CCO)C(C)(C)C)ccc1C. The Morgan fingerprint density at radius 1 is 1.27 bits per heavy atom. The third kappa shape index (κ3) is 5.15. The van der Waals surface area contributed by atoms with E-state index in [1.54, 1.807) is 18.2 Å². The largest absolute Gasteiger partial charge is 0.396 e. The molecular formula is C17H26N2O3. The minimum absolute atomic E-state index is 0.0211. The van der Waals surface area contributed by atoms with Gasteiger partial charge in [-0.05, 0) is 36.5 Å². The highest BCUT2D eigenvalue weighted by molar-refractivity contribution is 5.97. The van der Waals surface area contributed by atoms with Crippen molar-refractivity contribution in [3.8, 4) is 0 Å². The maximum Gasteiger partial charge on any atom is 0.251 e. The average molecular weight is 306 g/mol. The van der Waals surface area contributed by atoms with Gasteiger partial charge in [0, 0.05) is 30.8 Å². The van der Waals surface area contributed by atoms with Crippen molar-refractivity contribution in [1.82, 2.24) is 5.32 Å². The van der Waals surface area contributed by atoms with E-state index in [1.807, 2.05) is 27.7 Å². The Morgan fingerprint density at radius 3 is 2.41 bits per heavy atom. The van der Waals surface area contributed by atoms with Gasteiger partial charge in [-0.25, -0.2) is 0 Å². The number of benzene rings is 1. The molecule has 2 amide bonds. The molecular weight excluding hydrogens is 280 g/mol. The van der Waals surface area contributed by atoms with E-state index in [4.69, 9.17) is 5.11 Å². The van der Waals surface area contributed by atoms with Crippen LogP contribution in [0.4, 0.5) is 5.69 Å². The van der Waals surface area contributed by atoms with Crippen LogP contribution in [-0.2, 0) is 4.79 Å². The molecule has 5 heteroatoms. The molecule has 0 heterocycles. The Labute approximate surface area is 132 Å². The van der Waals surface area contributed by atoms with Crippen molar-refractivity contribution >= 4 is 17.5 Å². The van der Waals surface area contributed by atoms with Gasteiger partial charge in [-0.1, -0.05) is 26.8 Å². The summed E-state index contributed by atoms with van der Waals surface area (Å²) in [5.74, 6) is -0.381. The van der Waals surface area contributed by atoms with Crippen LogP contribution in [0.15, 0.2) is 18.2 Å². The highest BCUT2D eigenvalue weighted by atomic mass is 16.3. The van der Waals surface area contributed by atoms with Crippen molar-refractivity contribution in [1.29, 1.82) is 0 Å². The molecule has 5 nitrogen and oxygen atoms in total. The quantitative estimate of drug-likeness (QED) is 0.782. The van der Waals surface area contributed by atoms with Crippen molar-refractivity contribution in [2.75, 3.05) is 11.9 Å². The Balaban J connectivity index is 2.95. The number of carbonyl (C=O) groups excluding carboxylic acids is 2. The first kappa shape index (κ1) is 18.2. The third-order valence-electron chi connectivity index (χ3n) is 3.58. The molecule has 0 saturated carbocycles.